The second-order valence-corrected chi connectivity index (χ2v) is 5.63. The van der Waals surface area contributed by atoms with Crippen molar-refractivity contribution in [1.82, 2.24) is 10.4 Å². The van der Waals surface area contributed by atoms with Crippen molar-refractivity contribution in [2.24, 2.45) is 5.92 Å². The Labute approximate surface area is 119 Å². The van der Waals surface area contributed by atoms with Crippen LogP contribution in [0.2, 0.25) is 0 Å². The molecule has 0 spiro atoms. The van der Waals surface area contributed by atoms with Gasteiger partial charge in [-0.2, -0.15) is 15.6 Å². The van der Waals surface area contributed by atoms with Crippen LogP contribution < -0.4 is 5.32 Å². The van der Waals surface area contributed by atoms with Crippen molar-refractivity contribution in [2.45, 2.75) is 56.8 Å². The number of rotatable bonds is 6. The van der Waals surface area contributed by atoms with Crippen molar-refractivity contribution in [2.75, 3.05) is 13.3 Å². The third-order valence-electron chi connectivity index (χ3n) is 4.16. The molecule has 0 aromatic heterocycles. The van der Waals surface area contributed by atoms with E-state index in [0.29, 0.717) is 25.1 Å². The van der Waals surface area contributed by atoms with Crippen LogP contribution in [0.15, 0.2) is 0 Å². The molecule has 2 aliphatic rings. The minimum atomic E-state index is -0.971. The Balaban J connectivity index is 1.62. The molecule has 6 heteroatoms. The molecule has 4 atom stereocenters. The molecule has 5 nitrogen and oxygen atoms in total. The molecule has 110 valence electrons. The molecule has 0 aromatic carbocycles. The van der Waals surface area contributed by atoms with Crippen LogP contribution in [0.4, 0.5) is 4.39 Å². The van der Waals surface area contributed by atoms with Crippen molar-refractivity contribution in [3.8, 4) is 12.1 Å². The number of nitrogens with one attached hydrogen (secondary N) is 1. The number of halogens is 1. The maximum atomic E-state index is 13.2. The first kappa shape index (κ1) is 15.2. The Kier molecular flexibility index (Phi) is 5.72. The molecule has 0 bridgehead atoms. The van der Waals surface area contributed by atoms with Crippen LogP contribution in [0.1, 0.15) is 38.5 Å². The first-order chi connectivity index (χ1) is 9.72. The molecule has 1 N–H and O–H groups in total. The van der Waals surface area contributed by atoms with E-state index in [-0.39, 0.29) is 13.0 Å². The molecule has 1 aliphatic carbocycles. The summed E-state index contributed by atoms with van der Waals surface area (Å²) < 4.78 is 13.2. The fourth-order valence-corrected chi connectivity index (χ4v) is 3.05. The normalized spacial score (nSPS) is 34.0. The lowest BCUT2D eigenvalue weighted by atomic mass is 10.0. The van der Waals surface area contributed by atoms with Gasteiger partial charge in [0.25, 0.3) is 0 Å². The van der Waals surface area contributed by atoms with Crippen molar-refractivity contribution in [3.63, 3.8) is 0 Å². The molecular weight excluding hydrogens is 259 g/mol. The Hall–Kier alpha value is -1.21. The average molecular weight is 280 g/mol. The van der Waals surface area contributed by atoms with Gasteiger partial charge in [-0.15, -0.1) is 0 Å². The highest BCUT2D eigenvalue weighted by molar-refractivity contribution is 4.96. The number of alkyl halides is 1. The molecule has 0 unspecified atom stereocenters. The summed E-state index contributed by atoms with van der Waals surface area (Å²) in [6.45, 7) is 0.496. The quantitative estimate of drug-likeness (QED) is 0.752. The maximum Gasteiger partial charge on any atom is 0.125 e. The van der Waals surface area contributed by atoms with Gasteiger partial charge in [-0.25, -0.2) is 4.39 Å². The third kappa shape index (κ3) is 4.14. The Bertz CT molecular complexity index is 392. The third-order valence-corrected chi connectivity index (χ3v) is 4.16. The van der Waals surface area contributed by atoms with Crippen LogP contribution >= 0.6 is 0 Å². The van der Waals surface area contributed by atoms with Crippen molar-refractivity contribution in [3.05, 3.63) is 0 Å². The highest BCUT2D eigenvalue weighted by Crippen LogP contribution is 2.29. The fraction of sp³-hybridized carbons (Fsp3) is 0.857. The van der Waals surface area contributed by atoms with Crippen LogP contribution in [-0.4, -0.2) is 36.6 Å². The van der Waals surface area contributed by atoms with Gasteiger partial charge in [0.2, 0.25) is 0 Å². The van der Waals surface area contributed by atoms with Crippen molar-refractivity contribution >= 4 is 0 Å². The summed E-state index contributed by atoms with van der Waals surface area (Å²) in [7, 11) is 0. The lowest BCUT2D eigenvalue weighted by molar-refractivity contribution is -0.167. The standard InChI is InChI=1S/C14H21FN4O/c15-12-7-14(8-17)19(9-12)20-10-18-13-4-3-11(6-13)2-1-5-16/h11-14,18H,1-4,6-7,9-10H2/t11-,12-,13+,14-/m0/s1. The van der Waals surface area contributed by atoms with E-state index >= 15 is 0 Å². The minimum Gasteiger partial charge on any atom is -0.290 e. The van der Waals surface area contributed by atoms with E-state index in [2.05, 4.69) is 17.5 Å². The van der Waals surface area contributed by atoms with Gasteiger partial charge < -0.3 is 0 Å². The van der Waals surface area contributed by atoms with Crippen LogP contribution in [0.5, 0.6) is 0 Å². The van der Waals surface area contributed by atoms with E-state index < -0.39 is 12.2 Å². The van der Waals surface area contributed by atoms with Gasteiger partial charge in [0, 0.05) is 18.9 Å². The summed E-state index contributed by atoms with van der Waals surface area (Å²) in [5.41, 5.74) is 0. The second kappa shape index (κ2) is 7.54. The van der Waals surface area contributed by atoms with Crippen LogP contribution in [0.25, 0.3) is 0 Å². The molecule has 20 heavy (non-hydrogen) atoms. The second-order valence-electron chi connectivity index (χ2n) is 5.63. The van der Waals surface area contributed by atoms with Crippen LogP contribution in [0, 0.1) is 28.6 Å². The SMILES string of the molecule is N#CCC[C@H]1CC[C@@H](NCON2C[C@@H](F)C[C@H]2C#N)C1. The van der Waals surface area contributed by atoms with Crippen LogP contribution in [-0.2, 0) is 4.84 Å². The first-order valence-corrected chi connectivity index (χ1v) is 7.26. The average Bonchev–Trinajstić information content (AvgIpc) is 3.03. The van der Waals surface area contributed by atoms with E-state index in [4.69, 9.17) is 15.4 Å². The summed E-state index contributed by atoms with van der Waals surface area (Å²) >= 11 is 0. The molecule has 2 fully saturated rings. The Morgan fingerprint density at radius 2 is 2.15 bits per heavy atom. The zero-order chi connectivity index (χ0) is 14.4. The van der Waals surface area contributed by atoms with Gasteiger partial charge in [0.05, 0.1) is 18.7 Å². The molecule has 0 aromatic rings. The fourth-order valence-electron chi connectivity index (χ4n) is 3.05. The molecule has 0 amide bonds. The van der Waals surface area contributed by atoms with E-state index in [1.165, 1.54) is 5.06 Å². The molecule has 2 rings (SSSR count). The summed E-state index contributed by atoms with van der Waals surface area (Å²) in [5, 5.41) is 22.2. The van der Waals surface area contributed by atoms with Gasteiger partial charge in [-0.05, 0) is 31.6 Å². The number of hydrogen-bond donors (Lipinski definition) is 1. The molecule has 1 heterocycles. The summed E-state index contributed by atoms with van der Waals surface area (Å²) in [6, 6.07) is 4.17. The smallest absolute Gasteiger partial charge is 0.125 e. The van der Waals surface area contributed by atoms with Crippen LogP contribution in [0.3, 0.4) is 0 Å². The lowest BCUT2D eigenvalue weighted by Crippen LogP contribution is -2.36. The molecule has 0 radical (unpaired) electrons. The first-order valence-electron chi connectivity index (χ1n) is 7.26. The molecule has 1 saturated carbocycles. The highest BCUT2D eigenvalue weighted by atomic mass is 19.1. The van der Waals surface area contributed by atoms with E-state index in [9.17, 15) is 4.39 Å². The summed E-state index contributed by atoms with van der Waals surface area (Å²) in [5.74, 6) is 0.626. The van der Waals surface area contributed by atoms with Gasteiger partial charge >= 0.3 is 0 Å². The number of nitrogens with zero attached hydrogens (tertiary/aromatic N) is 3. The van der Waals surface area contributed by atoms with Crippen molar-refractivity contribution < 1.29 is 9.23 Å². The topological polar surface area (TPSA) is 72.1 Å². The Morgan fingerprint density at radius 1 is 1.30 bits per heavy atom. The number of nitriles is 2. The molecular formula is C14H21FN4O. The number of hydroxylamine groups is 2. The zero-order valence-corrected chi connectivity index (χ0v) is 11.6. The predicted molar refractivity (Wildman–Crippen MR) is 70.7 cm³/mol. The van der Waals surface area contributed by atoms with Gasteiger partial charge in [-0.3, -0.25) is 10.2 Å². The van der Waals surface area contributed by atoms with Gasteiger partial charge in [0.15, 0.2) is 0 Å². The largest absolute Gasteiger partial charge is 0.290 e. The Morgan fingerprint density at radius 3 is 2.90 bits per heavy atom. The summed E-state index contributed by atoms with van der Waals surface area (Å²) in [6.07, 6.45) is 4.17. The molecule has 1 saturated heterocycles. The number of hydrogen-bond acceptors (Lipinski definition) is 5. The van der Waals surface area contributed by atoms with E-state index in [1.54, 1.807) is 0 Å². The summed E-state index contributed by atoms with van der Waals surface area (Å²) in [4.78, 5) is 5.46. The highest BCUT2D eigenvalue weighted by Gasteiger charge is 2.33. The van der Waals surface area contributed by atoms with Gasteiger partial charge in [-0.1, -0.05) is 0 Å². The minimum absolute atomic E-state index is 0.176. The van der Waals surface area contributed by atoms with E-state index in [1.807, 2.05) is 0 Å². The lowest BCUT2D eigenvalue weighted by Gasteiger charge is -2.20. The zero-order valence-electron chi connectivity index (χ0n) is 11.6. The monoisotopic (exact) mass is 280 g/mol. The maximum absolute atomic E-state index is 13.2. The predicted octanol–water partition coefficient (Wildman–Crippen LogP) is 1.87. The van der Waals surface area contributed by atoms with Crippen molar-refractivity contribution in [1.29, 1.82) is 10.5 Å². The molecule has 1 aliphatic heterocycles. The van der Waals surface area contributed by atoms with E-state index in [0.717, 1.165) is 25.7 Å². The van der Waals surface area contributed by atoms with Gasteiger partial charge in [0.1, 0.15) is 18.9 Å².